The minimum Gasteiger partial charge on any atom is -0.342 e. The lowest BCUT2D eigenvalue weighted by Gasteiger charge is -2.22. The topological polar surface area (TPSA) is 88.0 Å². The molecule has 1 aromatic carbocycles. The van der Waals surface area contributed by atoms with E-state index in [0.29, 0.717) is 11.2 Å². The van der Waals surface area contributed by atoms with E-state index >= 15 is 0 Å². The number of fused-ring (bicyclic) bond motifs is 2. The fourth-order valence-corrected chi connectivity index (χ4v) is 3.04. The summed E-state index contributed by atoms with van der Waals surface area (Å²) in [7, 11) is 0. The standard InChI is InChI=1S/C19H20N6O/c1-3-12(2)16(17-22-14-7-4-5-8-15(14)23-17)24-19(26)13-11-21-25-10-6-9-20-18(13)25/h4-12,16H,3H2,1-2H3,(H,22,23)(H,24,26). The molecule has 2 atom stereocenters. The number of nitrogens with one attached hydrogen (secondary N) is 2. The maximum Gasteiger partial charge on any atom is 0.257 e. The average Bonchev–Trinajstić information content (AvgIpc) is 3.29. The third-order valence-electron chi connectivity index (χ3n) is 4.73. The van der Waals surface area contributed by atoms with Crippen LogP contribution in [0.3, 0.4) is 0 Å². The first-order chi connectivity index (χ1) is 12.7. The molecule has 0 bridgehead atoms. The van der Waals surface area contributed by atoms with Gasteiger partial charge in [-0.25, -0.2) is 14.5 Å². The van der Waals surface area contributed by atoms with Crippen LogP contribution in [-0.2, 0) is 0 Å². The summed E-state index contributed by atoms with van der Waals surface area (Å²) in [4.78, 5) is 25.2. The van der Waals surface area contributed by atoms with Crippen molar-refractivity contribution in [2.75, 3.05) is 0 Å². The maximum atomic E-state index is 12.9. The van der Waals surface area contributed by atoms with Crippen molar-refractivity contribution in [3.05, 3.63) is 60.3 Å². The summed E-state index contributed by atoms with van der Waals surface area (Å²) in [5.41, 5.74) is 2.85. The number of imidazole rings is 1. The SMILES string of the molecule is CCC(C)C(NC(=O)c1cnn2cccnc12)c1nc2ccccc2[nH]1. The number of H-pyrrole nitrogens is 1. The number of rotatable bonds is 5. The predicted octanol–water partition coefficient (Wildman–Crippen LogP) is 3.12. The number of nitrogens with zero attached hydrogens (tertiary/aromatic N) is 4. The zero-order valence-electron chi connectivity index (χ0n) is 14.7. The van der Waals surface area contributed by atoms with E-state index in [9.17, 15) is 4.79 Å². The number of para-hydroxylation sites is 2. The van der Waals surface area contributed by atoms with Gasteiger partial charge in [-0.1, -0.05) is 32.4 Å². The molecule has 4 aromatic rings. The van der Waals surface area contributed by atoms with Crippen LogP contribution in [0.15, 0.2) is 48.9 Å². The van der Waals surface area contributed by atoms with Gasteiger partial charge in [0.2, 0.25) is 0 Å². The Balaban J connectivity index is 1.68. The second kappa shape index (κ2) is 6.59. The fraction of sp³-hybridized carbons (Fsp3) is 0.263. The molecule has 4 rings (SSSR count). The monoisotopic (exact) mass is 348 g/mol. The number of amides is 1. The molecule has 0 aliphatic rings. The van der Waals surface area contributed by atoms with Gasteiger partial charge in [-0.05, 0) is 24.1 Å². The first-order valence-electron chi connectivity index (χ1n) is 8.71. The van der Waals surface area contributed by atoms with Gasteiger partial charge in [-0.3, -0.25) is 4.79 Å². The van der Waals surface area contributed by atoms with Crippen LogP contribution < -0.4 is 5.32 Å². The van der Waals surface area contributed by atoms with E-state index in [1.807, 2.05) is 24.3 Å². The largest absolute Gasteiger partial charge is 0.342 e. The van der Waals surface area contributed by atoms with Crippen LogP contribution in [0.2, 0.25) is 0 Å². The summed E-state index contributed by atoms with van der Waals surface area (Å²) in [6.45, 7) is 4.20. The maximum absolute atomic E-state index is 12.9. The van der Waals surface area contributed by atoms with Crippen molar-refractivity contribution in [1.29, 1.82) is 0 Å². The number of carbonyl (C=O) groups excluding carboxylic acids is 1. The minimum atomic E-state index is -0.224. The second-order valence-corrected chi connectivity index (χ2v) is 6.42. The Morgan fingerprint density at radius 3 is 2.96 bits per heavy atom. The Labute approximate surface area is 150 Å². The van der Waals surface area contributed by atoms with E-state index in [1.54, 1.807) is 29.2 Å². The molecule has 0 aliphatic heterocycles. The molecule has 0 saturated heterocycles. The molecule has 7 heteroatoms. The molecular weight excluding hydrogens is 328 g/mol. The number of hydrogen-bond donors (Lipinski definition) is 2. The Bertz CT molecular complexity index is 1030. The fourth-order valence-electron chi connectivity index (χ4n) is 3.04. The summed E-state index contributed by atoms with van der Waals surface area (Å²) in [6.07, 6.45) is 5.88. The van der Waals surface area contributed by atoms with Crippen LogP contribution in [0.25, 0.3) is 16.7 Å². The van der Waals surface area contributed by atoms with E-state index in [-0.39, 0.29) is 17.9 Å². The molecular formula is C19H20N6O. The summed E-state index contributed by atoms with van der Waals surface area (Å²) in [6, 6.07) is 9.41. The van der Waals surface area contributed by atoms with Gasteiger partial charge in [-0.15, -0.1) is 0 Å². The van der Waals surface area contributed by atoms with Crippen molar-refractivity contribution in [3.8, 4) is 0 Å². The van der Waals surface area contributed by atoms with Gasteiger partial charge < -0.3 is 10.3 Å². The van der Waals surface area contributed by atoms with Crippen molar-refractivity contribution >= 4 is 22.6 Å². The zero-order chi connectivity index (χ0) is 18.1. The highest BCUT2D eigenvalue weighted by atomic mass is 16.1. The molecule has 0 aliphatic carbocycles. The van der Waals surface area contributed by atoms with Gasteiger partial charge in [-0.2, -0.15) is 5.10 Å². The molecule has 2 unspecified atom stereocenters. The van der Waals surface area contributed by atoms with Crippen molar-refractivity contribution in [2.24, 2.45) is 5.92 Å². The average molecular weight is 348 g/mol. The van der Waals surface area contributed by atoms with Crippen LogP contribution in [-0.4, -0.2) is 30.5 Å². The van der Waals surface area contributed by atoms with E-state index in [4.69, 9.17) is 0 Å². The molecule has 7 nitrogen and oxygen atoms in total. The van der Waals surface area contributed by atoms with E-state index < -0.39 is 0 Å². The van der Waals surface area contributed by atoms with Crippen LogP contribution in [0.5, 0.6) is 0 Å². The lowest BCUT2D eigenvalue weighted by Crippen LogP contribution is -2.33. The summed E-state index contributed by atoms with van der Waals surface area (Å²) in [5, 5.41) is 7.30. The molecule has 0 saturated carbocycles. The highest BCUT2D eigenvalue weighted by Gasteiger charge is 2.25. The van der Waals surface area contributed by atoms with Crippen molar-refractivity contribution < 1.29 is 4.79 Å². The Kier molecular flexibility index (Phi) is 4.12. The molecule has 0 radical (unpaired) electrons. The highest BCUT2D eigenvalue weighted by molar-refractivity contribution is 5.99. The Hall–Kier alpha value is -3.22. The molecule has 26 heavy (non-hydrogen) atoms. The smallest absolute Gasteiger partial charge is 0.257 e. The number of benzene rings is 1. The molecule has 3 heterocycles. The molecule has 3 aromatic heterocycles. The lowest BCUT2D eigenvalue weighted by molar-refractivity contribution is 0.0922. The molecule has 2 N–H and O–H groups in total. The van der Waals surface area contributed by atoms with Crippen LogP contribution in [0.4, 0.5) is 0 Å². The Morgan fingerprint density at radius 2 is 2.15 bits per heavy atom. The number of aromatic nitrogens is 5. The normalized spacial score (nSPS) is 13.8. The third kappa shape index (κ3) is 2.81. The molecule has 0 spiro atoms. The first-order valence-corrected chi connectivity index (χ1v) is 8.71. The van der Waals surface area contributed by atoms with E-state index in [0.717, 1.165) is 23.3 Å². The van der Waals surface area contributed by atoms with Gasteiger partial charge >= 0.3 is 0 Å². The van der Waals surface area contributed by atoms with Crippen molar-refractivity contribution in [2.45, 2.75) is 26.3 Å². The number of aromatic amines is 1. The number of hydrogen-bond acceptors (Lipinski definition) is 4. The quantitative estimate of drug-likeness (QED) is 0.580. The van der Waals surface area contributed by atoms with E-state index in [1.165, 1.54) is 0 Å². The Morgan fingerprint density at radius 1 is 1.31 bits per heavy atom. The van der Waals surface area contributed by atoms with Crippen molar-refractivity contribution in [1.82, 2.24) is 29.9 Å². The van der Waals surface area contributed by atoms with Crippen LogP contribution in [0.1, 0.15) is 42.5 Å². The zero-order valence-corrected chi connectivity index (χ0v) is 14.7. The minimum absolute atomic E-state index is 0.204. The summed E-state index contributed by atoms with van der Waals surface area (Å²) in [5.74, 6) is 0.775. The highest BCUT2D eigenvalue weighted by Crippen LogP contribution is 2.25. The van der Waals surface area contributed by atoms with Gasteiger partial charge in [0.1, 0.15) is 11.4 Å². The first kappa shape index (κ1) is 16.3. The van der Waals surface area contributed by atoms with Crippen LogP contribution >= 0.6 is 0 Å². The summed E-state index contributed by atoms with van der Waals surface area (Å²) < 4.78 is 1.59. The van der Waals surface area contributed by atoms with Gasteiger partial charge in [0.05, 0.1) is 23.3 Å². The van der Waals surface area contributed by atoms with Crippen molar-refractivity contribution in [3.63, 3.8) is 0 Å². The summed E-state index contributed by atoms with van der Waals surface area (Å²) >= 11 is 0. The number of carbonyl (C=O) groups is 1. The van der Waals surface area contributed by atoms with Gasteiger partial charge in [0, 0.05) is 12.4 Å². The molecule has 132 valence electrons. The molecule has 0 fully saturated rings. The third-order valence-corrected chi connectivity index (χ3v) is 4.73. The van der Waals surface area contributed by atoms with Crippen LogP contribution in [0, 0.1) is 5.92 Å². The second-order valence-electron chi connectivity index (χ2n) is 6.42. The predicted molar refractivity (Wildman–Crippen MR) is 98.7 cm³/mol. The van der Waals surface area contributed by atoms with Gasteiger partial charge in [0.15, 0.2) is 5.65 Å². The molecule has 1 amide bonds. The lowest BCUT2D eigenvalue weighted by atomic mass is 9.98. The van der Waals surface area contributed by atoms with Gasteiger partial charge in [0.25, 0.3) is 5.91 Å². The van der Waals surface area contributed by atoms with E-state index in [2.05, 4.69) is 39.2 Å².